The topological polar surface area (TPSA) is 54.5 Å². The van der Waals surface area contributed by atoms with E-state index in [9.17, 15) is 9.18 Å². The molecule has 0 aliphatic rings. The third-order valence-corrected chi connectivity index (χ3v) is 3.95. The molecule has 0 saturated carbocycles. The number of benzene rings is 2. The van der Waals surface area contributed by atoms with Gasteiger partial charge < -0.3 is 15.0 Å². The van der Waals surface area contributed by atoms with Crippen molar-refractivity contribution in [2.75, 3.05) is 25.5 Å². The second kappa shape index (κ2) is 8.80. The highest BCUT2D eigenvalue weighted by molar-refractivity contribution is 5.99. The molecule has 0 aliphatic carbocycles. The van der Waals surface area contributed by atoms with Crippen LogP contribution in [0.5, 0.6) is 5.75 Å². The Morgan fingerprint density at radius 1 is 1.07 bits per heavy atom. The lowest BCUT2D eigenvalue weighted by atomic mass is 10.2. The summed E-state index contributed by atoms with van der Waals surface area (Å²) in [6.07, 6.45) is 1.55. The maximum absolute atomic E-state index is 13.9. The zero-order valence-corrected chi connectivity index (χ0v) is 14.9. The molecule has 0 unspecified atom stereocenters. The molecule has 1 heterocycles. The summed E-state index contributed by atoms with van der Waals surface area (Å²) < 4.78 is 19.5. The maximum Gasteiger partial charge on any atom is 0.257 e. The Kier molecular flexibility index (Phi) is 5.99. The molecule has 0 fully saturated rings. The zero-order chi connectivity index (χ0) is 19.1. The first-order valence-corrected chi connectivity index (χ1v) is 8.55. The summed E-state index contributed by atoms with van der Waals surface area (Å²) >= 11 is 0. The van der Waals surface area contributed by atoms with Crippen LogP contribution in [0.15, 0.2) is 72.9 Å². The number of likely N-dealkylation sites (N-methyl/N-ethyl adjacent to an activating group) is 1. The number of hydrogen-bond donors (Lipinski definition) is 1. The van der Waals surface area contributed by atoms with Crippen LogP contribution in [0.3, 0.4) is 0 Å². The third kappa shape index (κ3) is 4.82. The van der Waals surface area contributed by atoms with E-state index in [-0.39, 0.29) is 11.6 Å². The van der Waals surface area contributed by atoms with Crippen molar-refractivity contribution >= 4 is 17.4 Å². The largest absolute Gasteiger partial charge is 0.492 e. The number of rotatable bonds is 7. The van der Waals surface area contributed by atoms with Gasteiger partial charge in [-0.3, -0.25) is 4.79 Å². The van der Waals surface area contributed by atoms with E-state index in [4.69, 9.17) is 4.74 Å². The fourth-order valence-electron chi connectivity index (χ4n) is 2.49. The molecule has 1 N–H and O–H groups in total. The van der Waals surface area contributed by atoms with Crippen LogP contribution >= 0.6 is 0 Å². The first-order chi connectivity index (χ1) is 13.1. The lowest BCUT2D eigenvalue weighted by Gasteiger charge is -2.19. The minimum absolute atomic E-state index is 0.224. The van der Waals surface area contributed by atoms with Crippen LogP contribution in [-0.2, 0) is 0 Å². The molecule has 0 radical (unpaired) electrons. The van der Waals surface area contributed by atoms with Crippen molar-refractivity contribution in [2.45, 2.75) is 0 Å². The molecule has 0 atom stereocenters. The minimum Gasteiger partial charge on any atom is -0.492 e. The number of halogens is 1. The predicted octanol–water partition coefficient (Wildman–Crippen LogP) is 4.12. The maximum atomic E-state index is 13.9. The molecule has 3 aromatic rings. The monoisotopic (exact) mass is 365 g/mol. The summed E-state index contributed by atoms with van der Waals surface area (Å²) in [5.41, 5.74) is 0.628. The van der Waals surface area contributed by atoms with Crippen molar-refractivity contribution in [2.24, 2.45) is 0 Å². The number of anilines is 2. The van der Waals surface area contributed by atoms with Gasteiger partial charge >= 0.3 is 0 Å². The number of amides is 1. The van der Waals surface area contributed by atoms with E-state index in [1.165, 1.54) is 6.07 Å². The number of nitrogens with zero attached hydrogens (tertiary/aromatic N) is 2. The summed E-state index contributed by atoms with van der Waals surface area (Å²) in [4.78, 5) is 18.5. The molecule has 1 amide bonds. The first kappa shape index (κ1) is 18.4. The molecule has 0 saturated heterocycles. The van der Waals surface area contributed by atoms with Crippen molar-refractivity contribution in [3.05, 3.63) is 84.3 Å². The van der Waals surface area contributed by atoms with Gasteiger partial charge in [0.2, 0.25) is 0 Å². The van der Waals surface area contributed by atoms with Gasteiger partial charge in [0.05, 0.1) is 17.8 Å². The van der Waals surface area contributed by atoms with E-state index in [0.717, 1.165) is 5.75 Å². The van der Waals surface area contributed by atoms with Crippen molar-refractivity contribution in [3.8, 4) is 5.75 Å². The van der Waals surface area contributed by atoms with Gasteiger partial charge in [-0.2, -0.15) is 0 Å². The molecule has 3 rings (SSSR count). The van der Waals surface area contributed by atoms with Crippen molar-refractivity contribution in [1.29, 1.82) is 0 Å². The molecule has 138 valence electrons. The second-order valence-corrected chi connectivity index (χ2v) is 5.89. The standard InChI is InChI=1S/C21H20FN3O2/c1-25(14-15-27-16-8-3-2-4-9-16)21(26)17-10-7-13-23-20(17)24-19-12-6-5-11-18(19)22/h2-13H,14-15H2,1H3,(H,23,24). The number of para-hydroxylation sites is 2. The van der Waals surface area contributed by atoms with E-state index < -0.39 is 5.82 Å². The zero-order valence-electron chi connectivity index (χ0n) is 14.9. The lowest BCUT2D eigenvalue weighted by Crippen LogP contribution is -2.31. The van der Waals surface area contributed by atoms with Crippen LogP contribution in [0.1, 0.15) is 10.4 Å². The van der Waals surface area contributed by atoms with Gasteiger partial charge in [0.15, 0.2) is 0 Å². The molecule has 1 aromatic heterocycles. The van der Waals surface area contributed by atoms with Crippen LogP contribution in [0.2, 0.25) is 0 Å². The van der Waals surface area contributed by atoms with Gasteiger partial charge in [0, 0.05) is 13.2 Å². The Morgan fingerprint density at radius 3 is 2.59 bits per heavy atom. The normalized spacial score (nSPS) is 10.3. The number of carbonyl (C=O) groups is 1. The Balaban J connectivity index is 1.66. The average Bonchev–Trinajstić information content (AvgIpc) is 2.70. The highest BCUT2D eigenvalue weighted by atomic mass is 19.1. The van der Waals surface area contributed by atoms with Crippen LogP contribution in [0.25, 0.3) is 0 Å². The summed E-state index contributed by atoms with van der Waals surface area (Å²) in [6, 6.07) is 19.0. The van der Waals surface area contributed by atoms with E-state index in [1.807, 2.05) is 30.3 Å². The number of pyridine rings is 1. The van der Waals surface area contributed by atoms with Gasteiger partial charge in [0.25, 0.3) is 5.91 Å². The van der Waals surface area contributed by atoms with E-state index in [2.05, 4.69) is 10.3 Å². The Bertz CT molecular complexity index is 903. The molecule has 0 bridgehead atoms. The van der Waals surface area contributed by atoms with Gasteiger partial charge in [-0.1, -0.05) is 30.3 Å². The Hall–Kier alpha value is -3.41. The van der Waals surface area contributed by atoms with Crippen LogP contribution in [-0.4, -0.2) is 36.0 Å². The fraction of sp³-hybridized carbons (Fsp3) is 0.143. The van der Waals surface area contributed by atoms with Crippen molar-refractivity contribution < 1.29 is 13.9 Å². The van der Waals surface area contributed by atoms with Crippen LogP contribution < -0.4 is 10.1 Å². The highest BCUT2D eigenvalue weighted by Gasteiger charge is 2.17. The fourth-order valence-corrected chi connectivity index (χ4v) is 2.49. The molecular formula is C21H20FN3O2. The summed E-state index contributed by atoms with van der Waals surface area (Å²) in [7, 11) is 1.69. The number of hydrogen-bond acceptors (Lipinski definition) is 4. The molecule has 5 nitrogen and oxygen atoms in total. The number of nitrogens with one attached hydrogen (secondary N) is 1. The summed E-state index contributed by atoms with van der Waals surface area (Å²) in [5, 5.41) is 2.89. The van der Waals surface area contributed by atoms with Crippen LogP contribution in [0, 0.1) is 5.82 Å². The van der Waals surface area contributed by atoms with Gasteiger partial charge in [-0.15, -0.1) is 0 Å². The smallest absolute Gasteiger partial charge is 0.257 e. The number of aromatic nitrogens is 1. The van der Waals surface area contributed by atoms with E-state index >= 15 is 0 Å². The van der Waals surface area contributed by atoms with E-state index in [1.54, 1.807) is 48.5 Å². The molecule has 0 aliphatic heterocycles. The van der Waals surface area contributed by atoms with Crippen LogP contribution in [0.4, 0.5) is 15.9 Å². The van der Waals surface area contributed by atoms with Gasteiger partial charge in [-0.25, -0.2) is 9.37 Å². The summed E-state index contributed by atoms with van der Waals surface area (Å²) in [5.74, 6) is 0.426. The van der Waals surface area contributed by atoms with E-state index in [0.29, 0.717) is 24.5 Å². The third-order valence-electron chi connectivity index (χ3n) is 3.95. The molecule has 0 spiro atoms. The Labute approximate surface area is 157 Å². The molecular weight excluding hydrogens is 345 g/mol. The van der Waals surface area contributed by atoms with Crippen molar-refractivity contribution in [1.82, 2.24) is 9.88 Å². The quantitative estimate of drug-likeness (QED) is 0.684. The number of ether oxygens (including phenoxy) is 1. The Morgan fingerprint density at radius 2 is 1.81 bits per heavy atom. The highest BCUT2D eigenvalue weighted by Crippen LogP contribution is 2.21. The number of carbonyl (C=O) groups excluding carboxylic acids is 1. The van der Waals surface area contributed by atoms with Gasteiger partial charge in [-0.05, 0) is 36.4 Å². The average molecular weight is 365 g/mol. The predicted molar refractivity (Wildman–Crippen MR) is 103 cm³/mol. The first-order valence-electron chi connectivity index (χ1n) is 8.55. The second-order valence-electron chi connectivity index (χ2n) is 5.89. The molecule has 27 heavy (non-hydrogen) atoms. The summed E-state index contributed by atoms with van der Waals surface area (Å²) in [6.45, 7) is 0.768. The lowest BCUT2D eigenvalue weighted by molar-refractivity contribution is 0.0774. The van der Waals surface area contributed by atoms with Crippen molar-refractivity contribution in [3.63, 3.8) is 0 Å². The minimum atomic E-state index is -0.411. The molecule has 6 heteroatoms. The SMILES string of the molecule is CN(CCOc1ccccc1)C(=O)c1cccnc1Nc1ccccc1F. The molecule has 2 aromatic carbocycles. The van der Waals surface area contributed by atoms with Gasteiger partial charge in [0.1, 0.15) is 24.0 Å².